The van der Waals surface area contributed by atoms with E-state index in [0.717, 1.165) is 44.9 Å². The van der Waals surface area contributed by atoms with E-state index in [1.165, 1.54) is 270 Å². The van der Waals surface area contributed by atoms with Crippen molar-refractivity contribution in [3.63, 3.8) is 0 Å². The van der Waals surface area contributed by atoms with Gasteiger partial charge in [0.25, 0.3) is 0 Å². The third-order valence-corrected chi connectivity index (χ3v) is 16.2. The summed E-state index contributed by atoms with van der Waals surface area (Å²) in [5.41, 5.74) is 5.40. The zero-order valence-electron chi connectivity index (χ0n) is 52.1. The molecule has 0 aliphatic carbocycles. The number of phosphoric acid groups is 1. The minimum absolute atomic E-state index is 0.0544. The second-order valence-corrected chi connectivity index (χ2v) is 24.5. The molecule has 0 amide bonds. The molecule has 0 spiro atoms. The topological polar surface area (TPSA) is 134 Å². The number of rotatable bonds is 65. The molecule has 2 atom stereocenters. The number of unbranched alkanes of at least 4 members (excludes halogenated alkanes) is 44. The average molecular weight is 1130 g/mol. The third-order valence-electron chi connectivity index (χ3n) is 15.2. The van der Waals surface area contributed by atoms with Crippen molar-refractivity contribution in [3.8, 4) is 0 Å². The lowest BCUT2D eigenvalue weighted by molar-refractivity contribution is -0.161. The number of ether oxygens (including phenoxy) is 2. The van der Waals surface area contributed by atoms with E-state index in [4.69, 9.17) is 24.3 Å². The van der Waals surface area contributed by atoms with E-state index in [-0.39, 0.29) is 38.6 Å². The summed E-state index contributed by atoms with van der Waals surface area (Å²) in [6.45, 7) is 3.78. The molecule has 0 saturated heterocycles. The summed E-state index contributed by atoms with van der Waals surface area (Å²) in [6.07, 6.45) is 82.0. The second-order valence-electron chi connectivity index (χ2n) is 23.0. The molecule has 0 fully saturated rings. The molecule has 0 aliphatic rings. The van der Waals surface area contributed by atoms with Crippen LogP contribution in [0.5, 0.6) is 0 Å². The van der Waals surface area contributed by atoms with Gasteiger partial charge in [-0.05, 0) is 77.0 Å². The summed E-state index contributed by atoms with van der Waals surface area (Å²) in [5.74, 6) is -0.813. The first-order valence-corrected chi connectivity index (χ1v) is 35.6. The van der Waals surface area contributed by atoms with Crippen LogP contribution in [0.4, 0.5) is 0 Å². The van der Waals surface area contributed by atoms with Gasteiger partial charge in [0.05, 0.1) is 13.2 Å². The first-order valence-electron chi connectivity index (χ1n) is 34.1. The molecular formula is C69H130NO8P. The number of carbonyl (C=O) groups excluding carboxylic acids is 2. The Morgan fingerprint density at radius 3 is 0.962 bits per heavy atom. The number of esters is 2. The maximum Gasteiger partial charge on any atom is 0.472 e. The van der Waals surface area contributed by atoms with Crippen LogP contribution < -0.4 is 5.73 Å². The Morgan fingerprint density at radius 2 is 0.658 bits per heavy atom. The number of carbonyl (C=O) groups is 2. The standard InChI is InChI=1S/C69H130NO8P/c1-3-5-7-9-11-13-15-17-19-21-23-25-27-28-29-30-31-32-33-34-35-36-37-38-40-42-44-46-48-50-52-54-56-58-60-62-69(72)78-67(66-77-79(73,74)76-64-63-70)65-75-68(71)61-59-57-55-53-51-49-47-45-43-41-39-26-24-22-20-18-16-14-12-10-8-6-4-2/h15-18,21-24,67H,3-14,19-20,25-66,70H2,1-2H3,(H,73,74)/b17-15-,18-16-,23-21-,24-22-. The van der Waals surface area contributed by atoms with Crippen LogP contribution >= 0.6 is 7.82 Å². The van der Waals surface area contributed by atoms with Crippen molar-refractivity contribution in [3.05, 3.63) is 48.6 Å². The molecule has 464 valence electrons. The summed E-state index contributed by atoms with van der Waals surface area (Å²) in [4.78, 5) is 35.3. The molecule has 0 heterocycles. The normalized spacial score (nSPS) is 13.2. The molecule has 0 aliphatic heterocycles. The lowest BCUT2D eigenvalue weighted by atomic mass is 10.0. The molecule has 0 aromatic carbocycles. The van der Waals surface area contributed by atoms with Crippen molar-refractivity contribution in [2.24, 2.45) is 5.73 Å². The molecule has 0 aromatic heterocycles. The van der Waals surface area contributed by atoms with Crippen LogP contribution in [0.15, 0.2) is 48.6 Å². The summed E-state index contributed by atoms with van der Waals surface area (Å²) < 4.78 is 33.2. The van der Waals surface area contributed by atoms with E-state index in [9.17, 15) is 19.0 Å². The van der Waals surface area contributed by atoms with E-state index >= 15 is 0 Å². The van der Waals surface area contributed by atoms with Crippen molar-refractivity contribution in [2.75, 3.05) is 26.4 Å². The fourth-order valence-electron chi connectivity index (χ4n) is 10.1. The van der Waals surface area contributed by atoms with E-state index in [0.29, 0.717) is 6.42 Å². The first kappa shape index (κ1) is 77.0. The SMILES string of the molecule is CCCCCCC/C=C\C/C=C\CCCCCCCCCCCCCCCCCCCCCCCCCC(=O)OC(COC(=O)CCCCCCCCCCCCC/C=C\C/C=C\CCCCCCC)COP(=O)(O)OCCN. The van der Waals surface area contributed by atoms with E-state index in [1.807, 2.05) is 0 Å². The highest BCUT2D eigenvalue weighted by atomic mass is 31.2. The molecule has 2 unspecified atom stereocenters. The van der Waals surface area contributed by atoms with Crippen LogP contribution in [-0.2, 0) is 32.7 Å². The lowest BCUT2D eigenvalue weighted by Crippen LogP contribution is -2.29. The molecule has 10 heteroatoms. The number of nitrogens with two attached hydrogens (primary N) is 1. The highest BCUT2D eigenvalue weighted by molar-refractivity contribution is 7.47. The quantitative estimate of drug-likeness (QED) is 0.0264. The molecule has 0 radical (unpaired) electrons. The van der Waals surface area contributed by atoms with Gasteiger partial charge < -0.3 is 20.1 Å². The van der Waals surface area contributed by atoms with Crippen molar-refractivity contribution < 1.29 is 37.6 Å². The molecule has 79 heavy (non-hydrogen) atoms. The van der Waals surface area contributed by atoms with Gasteiger partial charge in [0.1, 0.15) is 6.61 Å². The predicted octanol–water partition coefficient (Wildman–Crippen LogP) is 22.1. The number of phosphoric ester groups is 1. The number of hydrogen-bond donors (Lipinski definition) is 2. The van der Waals surface area contributed by atoms with Crippen LogP contribution in [0, 0.1) is 0 Å². The largest absolute Gasteiger partial charge is 0.472 e. The number of allylic oxidation sites excluding steroid dienone is 8. The molecule has 9 nitrogen and oxygen atoms in total. The van der Waals surface area contributed by atoms with Gasteiger partial charge in [-0.1, -0.05) is 306 Å². The van der Waals surface area contributed by atoms with Crippen molar-refractivity contribution in [2.45, 2.75) is 354 Å². The highest BCUT2D eigenvalue weighted by Crippen LogP contribution is 2.43. The Kier molecular flexibility index (Phi) is 63.5. The summed E-state index contributed by atoms with van der Waals surface area (Å²) >= 11 is 0. The summed E-state index contributed by atoms with van der Waals surface area (Å²) in [7, 11) is -4.39. The Labute approximate surface area is 489 Å². The predicted molar refractivity (Wildman–Crippen MR) is 340 cm³/mol. The Morgan fingerprint density at radius 1 is 0.380 bits per heavy atom. The molecule has 0 bridgehead atoms. The molecule has 0 saturated carbocycles. The molecule has 0 rings (SSSR count). The molecule has 0 aromatic rings. The number of hydrogen-bond acceptors (Lipinski definition) is 8. The van der Waals surface area contributed by atoms with Crippen molar-refractivity contribution >= 4 is 19.8 Å². The second kappa shape index (κ2) is 65.1. The van der Waals surface area contributed by atoms with E-state index in [1.54, 1.807) is 0 Å². The van der Waals surface area contributed by atoms with Crippen molar-refractivity contribution in [1.82, 2.24) is 0 Å². The monoisotopic (exact) mass is 1130 g/mol. The van der Waals surface area contributed by atoms with Crippen molar-refractivity contribution in [1.29, 1.82) is 0 Å². The van der Waals surface area contributed by atoms with Crippen LogP contribution in [0.2, 0.25) is 0 Å². The third kappa shape index (κ3) is 65.0. The molecular weight excluding hydrogens is 1000 g/mol. The minimum atomic E-state index is -4.39. The summed E-state index contributed by atoms with van der Waals surface area (Å²) in [5, 5.41) is 0. The van der Waals surface area contributed by atoms with Gasteiger partial charge in [-0.2, -0.15) is 0 Å². The first-order chi connectivity index (χ1) is 38.8. The van der Waals surface area contributed by atoms with Gasteiger partial charge in [-0.3, -0.25) is 18.6 Å². The van der Waals surface area contributed by atoms with Crippen LogP contribution in [0.25, 0.3) is 0 Å². The Bertz CT molecular complexity index is 1430. The minimum Gasteiger partial charge on any atom is -0.462 e. The maximum absolute atomic E-state index is 12.8. The van der Waals surface area contributed by atoms with Gasteiger partial charge in [-0.25, -0.2) is 4.57 Å². The maximum atomic E-state index is 12.8. The van der Waals surface area contributed by atoms with E-state index in [2.05, 4.69) is 62.5 Å². The van der Waals surface area contributed by atoms with Gasteiger partial charge in [0, 0.05) is 19.4 Å². The lowest BCUT2D eigenvalue weighted by Gasteiger charge is -2.19. The zero-order chi connectivity index (χ0) is 57.3. The van der Waals surface area contributed by atoms with Gasteiger partial charge in [-0.15, -0.1) is 0 Å². The van der Waals surface area contributed by atoms with Crippen LogP contribution in [0.3, 0.4) is 0 Å². The smallest absolute Gasteiger partial charge is 0.462 e. The zero-order valence-corrected chi connectivity index (χ0v) is 53.0. The van der Waals surface area contributed by atoms with E-state index < -0.39 is 26.5 Å². The summed E-state index contributed by atoms with van der Waals surface area (Å²) in [6, 6.07) is 0. The Balaban J connectivity index is 3.83. The van der Waals surface area contributed by atoms with Gasteiger partial charge >= 0.3 is 19.8 Å². The van der Waals surface area contributed by atoms with Gasteiger partial charge in [0.15, 0.2) is 6.10 Å². The Hall–Kier alpha value is -2.03. The average Bonchev–Trinajstić information content (AvgIpc) is 3.44. The van der Waals surface area contributed by atoms with Crippen LogP contribution in [0.1, 0.15) is 348 Å². The van der Waals surface area contributed by atoms with Crippen LogP contribution in [-0.4, -0.2) is 49.3 Å². The van der Waals surface area contributed by atoms with Gasteiger partial charge in [0.2, 0.25) is 0 Å². The highest BCUT2D eigenvalue weighted by Gasteiger charge is 2.26. The fraction of sp³-hybridized carbons (Fsp3) is 0.855. The fourth-order valence-corrected chi connectivity index (χ4v) is 10.9. The molecule has 3 N–H and O–H groups in total.